The van der Waals surface area contributed by atoms with Crippen LogP contribution in [0.15, 0.2) is 67.1 Å². The zero-order valence-corrected chi connectivity index (χ0v) is 18.0. The van der Waals surface area contributed by atoms with Gasteiger partial charge in [0.1, 0.15) is 11.5 Å². The van der Waals surface area contributed by atoms with Gasteiger partial charge in [0.05, 0.1) is 28.4 Å². The first-order valence-corrected chi connectivity index (χ1v) is 10.6. The average Bonchev–Trinajstić information content (AvgIpc) is 3.42. The standard InChI is InChI=1S/C26H19FN6/c1-14-8-16(10-17(27)9-14)18-4-3-5-21-24(18)31-26(30-21)25-19-11-22(29-13-23(19)32-33-25)20-12-28-7-6-15(20)2/h3-13H,1-2H3,(H,30,31)(H,32,33). The summed E-state index contributed by atoms with van der Waals surface area (Å²) in [6, 6.07) is 14.8. The molecule has 0 saturated heterocycles. The number of pyridine rings is 2. The van der Waals surface area contributed by atoms with E-state index in [4.69, 9.17) is 4.98 Å². The molecule has 4 aromatic heterocycles. The second kappa shape index (κ2) is 7.34. The maximum absolute atomic E-state index is 14.1. The van der Waals surface area contributed by atoms with Gasteiger partial charge in [-0.15, -0.1) is 0 Å². The van der Waals surface area contributed by atoms with Crippen LogP contribution in [0.25, 0.3) is 55.8 Å². The van der Waals surface area contributed by atoms with Crippen molar-refractivity contribution >= 4 is 21.9 Å². The van der Waals surface area contributed by atoms with E-state index >= 15 is 0 Å². The number of aryl methyl sites for hydroxylation is 2. The van der Waals surface area contributed by atoms with Crippen LogP contribution in [0.1, 0.15) is 11.1 Å². The van der Waals surface area contributed by atoms with Crippen molar-refractivity contribution in [2.24, 2.45) is 0 Å². The minimum atomic E-state index is -0.262. The van der Waals surface area contributed by atoms with E-state index in [-0.39, 0.29) is 5.82 Å². The first-order valence-electron chi connectivity index (χ1n) is 10.6. The average molecular weight is 434 g/mol. The van der Waals surface area contributed by atoms with E-state index in [1.165, 1.54) is 12.1 Å². The number of halogens is 1. The quantitative estimate of drug-likeness (QED) is 0.359. The number of benzene rings is 2. The Balaban J connectivity index is 1.52. The van der Waals surface area contributed by atoms with E-state index < -0.39 is 0 Å². The largest absolute Gasteiger partial charge is 0.337 e. The lowest BCUT2D eigenvalue weighted by molar-refractivity contribution is 0.627. The maximum atomic E-state index is 14.1. The zero-order valence-electron chi connectivity index (χ0n) is 18.0. The van der Waals surface area contributed by atoms with Crippen LogP contribution in [-0.2, 0) is 0 Å². The highest BCUT2D eigenvalue weighted by Crippen LogP contribution is 2.33. The lowest BCUT2D eigenvalue weighted by atomic mass is 10.0. The van der Waals surface area contributed by atoms with Gasteiger partial charge >= 0.3 is 0 Å². The molecule has 0 aliphatic heterocycles. The van der Waals surface area contributed by atoms with Crippen molar-refractivity contribution in [3.63, 3.8) is 0 Å². The van der Waals surface area contributed by atoms with Gasteiger partial charge in [-0.05, 0) is 60.9 Å². The fourth-order valence-corrected chi connectivity index (χ4v) is 4.25. The number of imidazole rings is 1. The van der Waals surface area contributed by atoms with Gasteiger partial charge in [0.2, 0.25) is 0 Å². The first kappa shape index (κ1) is 19.3. The fraction of sp³-hybridized carbons (Fsp3) is 0.0769. The van der Waals surface area contributed by atoms with Crippen LogP contribution in [0.2, 0.25) is 0 Å². The Kier molecular flexibility index (Phi) is 4.29. The molecule has 6 nitrogen and oxygen atoms in total. The number of aromatic amines is 2. The molecule has 0 spiro atoms. The van der Waals surface area contributed by atoms with Gasteiger partial charge in [0.25, 0.3) is 0 Å². The van der Waals surface area contributed by atoms with Gasteiger partial charge in [-0.2, -0.15) is 5.10 Å². The third-order valence-electron chi connectivity index (χ3n) is 5.85. The molecule has 4 heterocycles. The lowest BCUT2D eigenvalue weighted by Gasteiger charge is -2.04. The normalized spacial score (nSPS) is 11.5. The second-order valence-corrected chi connectivity index (χ2v) is 8.18. The van der Waals surface area contributed by atoms with Gasteiger partial charge in [-0.25, -0.2) is 9.37 Å². The monoisotopic (exact) mass is 434 g/mol. The molecule has 0 amide bonds. The number of fused-ring (bicyclic) bond motifs is 2. The smallest absolute Gasteiger partial charge is 0.159 e. The van der Waals surface area contributed by atoms with Crippen molar-refractivity contribution in [3.8, 4) is 33.9 Å². The van der Waals surface area contributed by atoms with Crippen molar-refractivity contribution in [1.82, 2.24) is 30.1 Å². The SMILES string of the molecule is Cc1cc(F)cc(-c2cccc3[nH]c(-c4n[nH]c5cnc(-c6cnccc6C)cc45)nc23)c1. The minimum Gasteiger partial charge on any atom is -0.337 e. The van der Waals surface area contributed by atoms with Crippen molar-refractivity contribution in [3.05, 3.63) is 84.1 Å². The van der Waals surface area contributed by atoms with Crippen LogP contribution in [-0.4, -0.2) is 30.1 Å². The lowest BCUT2D eigenvalue weighted by Crippen LogP contribution is -1.89. The van der Waals surface area contributed by atoms with Crippen LogP contribution in [0.3, 0.4) is 0 Å². The molecule has 0 atom stereocenters. The number of H-pyrrole nitrogens is 2. The van der Waals surface area contributed by atoms with Crippen molar-refractivity contribution < 1.29 is 4.39 Å². The van der Waals surface area contributed by atoms with E-state index in [0.717, 1.165) is 55.4 Å². The molecule has 2 aromatic carbocycles. The molecule has 160 valence electrons. The highest BCUT2D eigenvalue weighted by molar-refractivity contribution is 5.97. The molecular formula is C26H19FN6. The molecule has 33 heavy (non-hydrogen) atoms. The van der Waals surface area contributed by atoms with Gasteiger partial charge in [0.15, 0.2) is 5.82 Å². The Hall–Kier alpha value is -4.39. The molecule has 6 rings (SSSR count). The van der Waals surface area contributed by atoms with Gasteiger partial charge < -0.3 is 4.98 Å². The molecule has 0 fully saturated rings. The summed E-state index contributed by atoms with van der Waals surface area (Å²) in [5, 5.41) is 8.47. The van der Waals surface area contributed by atoms with Crippen molar-refractivity contribution in [2.45, 2.75) is 13.8 Å². The third-order valence-corrected chi connectivity index (χ3v) is 5.85. The predicted molar refractivity (Wildman–Crippen MR) is 127 cm³/mol. The number of aromatic nitrogens is 6. The van der Waals surface area contributed by atoms with Crippen LogP contribution in [0.5, 0.6) is 0 Å². The van der Waals surface area contributed by atoms with Crippen LogP contribution in [0.4, 0.5) is 4.39 Å². The van der Waals surface area contributed by atoms with Crippen molar-refractivity contribution in [1.29, 1.82) is 0 Å². The van der Waals surface area contributed by atoms with E-state index in [2.05, 4.69) is 25.1 Å². The molecule has 0 aliphatic carbocycles. The molecular weight excluding hydrogens is 415 g/mol. The summed E-state index contributed by atoms with van der Waals surface area (Å²) in [6.07, 6.45) is 5.36. The molecule has 0 radical (unpaired) electrons. The van der Waals surface area contributed by atoms with E-state index in [9.17, 15) is 4.39 Å². The topological polar surface area (TPSA) is 83.1 Å². The second-order valence-electron chi connectivity index (χ2n) is 8.18. The highest BCUT2D eigenvalue weighted by Gasteiger charge is 2.17. The number of hydrogen-bond acceptors (Lipinski definition) is 4. The molecule has 6 aromatic rings. The first-order chi connectivity index (χ1) is 16.1. The molecule has 0 saturated carbocycles. The Morgan fingerprint density at radius 2 is 1.82 bits per heavy atom. The summed E-state index contributed by atoms with van der Waals surface area (Å²) >= 11 is 0. The van der Waals surface area contributed by atoms with E-state index in [1.807, 2.05) is 56.4 Å². The molecule has 7 heteroatoms. The van der Waals surface area contributed by atoms with Crippen LogP contribution >= 0.6 is 0 Å². The third kappa shape index (κ3) is 3.25. The van der Waals surface area contributed by atoms with Gasteiger partial charge in [0, 0.05) is 28.9 Å². The summed E-state index contributed by atoms with van der Waals surface area (Å²) in [4.78, 5) is 17.1. The number of hydrogen-bond donors (Lipinski definition) is 2. The van der Waals surface area contributed by atoms with E-state index in [1.54, 1.807) is 12.4 Å². The van der Waals surface area contributed by atoms with Gasteiger partial charge in [-0.3, -0.25) is 15.1 Å². The van der Waals surface area contributed by atoms with Crippen molar-refractivity contribution in [2.75, 3.05) is 0 Å². The number of nitrogens with one attached hydrogen (secondary N) is 2. The highest BCUT2D eigenvalue weighted by atomic mass is 19.1. The zero-order chi connectivity index (χ0) is 22.5. The molecule has 0 aliphatic rings. The fourth-order valence-electron chi connectivity index (χ4n) is 4.25. The van der Waals surface area contributed by atoms with Gasteiger partial charge in [-0.1, -0.05) is 18.2 Å². The maximum Gasteiger partial charge on any atom is 0.159 e. The minimum absolute atomic E-state index is 0.262. The van der Waals surface area contributed by atoms with Crippen LogP contribution in [0, 0.1) is 19.7 Å². The number of para-hydroxylation sites is 1. The Morgan fingerprint density at radius 1 is 0.909 bits per heavy atom. The van der Waals surface area contributed by atoms with E-state index in [0.29, 0.717) is 11.5 Å². The molecule has 0 bridgehead atoms. The Bertz CT molecular complexity index is 1640. The molecule has 0 unspecified atom stereocenters. The number of nitrogens with zero attached hydrogens (tertiary/aromatic N) is 4. The molecule has 2 N–H and O–H groups in total. The Morgan fingerprint density at radius 3 is 2.67 bits per heavy atom. The predicted octanol–water partition coefficient (Wildman–Crippen LogP) is 5.99. The Labute approximate surface area is 188 Å². The van der Waals surface area contributed by atoms with Crippen LogP contribution < -0.4 is 0 Å². The summed E-state index contributed by atoms with van der Waals surface area (Å²) in [7, 11) is 0. The summed E-state index contributed by atoms with van der Waals surface area (Å²) < 4.78 is 14.1. The summed E-state index contributed by atoms with van der Waals surface area (Å²) in [6.45, 7) is 3.92. The number of rotatable bonds is 3. The summed E-state index contributed by atoms with van der Waals surface area (Å²) in [5.74, 6) is 0.374. The summed E-state index contributed by atoms with van der Waals surface area (Å²) in [5.41, 5.74) is 8.56.